The highest BCUT2D eigenvalue weighted by Crippen LogP contribution is 1.97. The maximum absolute atomic E-state index is 10.9. The zero-order chi connectivity index (χ0) is 7.40. The van der Waals surface area contributed by atoms with Gasteiger partial charge in [0.05, 0.1) is 0 Å². The van der Waals surface area contributed by atoms with Crippen LogP contribution in [-0.4, -0.2) is 30.6 Å². The molecule has 1 aliphatic rings. The summed E-state index contributed by atoms with van der Waals surface area (Å²) in [5.74, 6) is 0. The van der Waals surface area contributed by atoms with Gasteiger partial charge in [0.25, 0.3) is 0 Å². The van der Waals surface area contributed by atoms with Gasteiger partial charge in [-0.3, -0.25) is 0 Å². The first-order chi connectivity index (χ1) is 4.84. The Labute approximate surface area is 60.7 Å². The normalized spacial score (nSPS) is 17.2. The standard InChI is InChI=1S/C7H12N2O/c1-2-3-5-9-6-4-8-7(9)10/h2H,1,3-6H2,(H,8,10). The molecule has 0 spiro atoms. The summed E-state index contributed by atoms with van der Waals surface area (Å²) >= 11 is 0. The van der Waals surface area contributed by atoms with Gasteiger partial charge in [0.1, 0.15) is 0 Å². The summed E-state index contributed by atoms with van der Waals surface area (Å²) in [6.07, 6.45) is 2.71. The number of carbonyl (C=O) groups excluding carboxylic acids is 1. The van der Waals surface area contributed by atoms with Crippen LogP contribution in [0.5, 0.6) is 0 Å². The van der Waals surface area contributed by atoms with Gasteiger partial charge in [0, 0.05) is 19.6 Å². The van der Waals surface area contributed by atoms with E-state index in [1.165, 1.54) is 0 Å². The van der Waals surface area contributed by atoms with Gasteiger partial charge in [0.2, 0.25) is 0 Å². The van der Waals surface area contributed by atoms with Crippen LogP contribution in [0, 0.1) is 0 Å². The molecular formula is C7H12N2O. The van der Waals surface area contributed by atoms with Crippen molar-refractivity contribution in [3.05, 3.63) is 12.7 Å². The predicted molar refractivity (Wildman–Crippen MR) is 39.8 cm³/mol. The molecule has 0 radical (unpaired) electrons. The summed E-state index contributed by atoms with van der Waals surface area (Å²) in [6, 6.07) is 0.0573. The van der Waals surface area contributed by atoms with E-state index in [0.717, 1.165) is 26.1 Å². The van der Waals surface area contributed by atoms with E-state index in [2.05, 4.69) is 11.9 Å². The van der Waals surface area contributed by atoms with E-state index in [-0.39, 0.29) is 6.03 Å². The Hall–Kier alpha value is -0.990. The smallest absolute Gasteiger partial charge is 0.317 e. The highest BCUT2D eigenvalue weighted by atomic mass is 16.2. The van der Waals surface area contributed by atoms with Crippen molar-refractivity contribution < 1.29 is 4.79 Å². The van der Waals surface area contributed by atoms with E-state index in [4.69, 9.17) is 0 Å². The lowest BCUT2D eigenvalue weighted by Gasteiger charge is -2.11. The summed E-state index contributed by atoms with van der Waals surface area (Å²) in [6.45, 7) is 6.02. The fourth-order valence-corrected chi connectivity index (χ4v) is 0.972. The van der Waals surface area contributed by atoms with Crippen LogP contribution >= 0.6 is 0 Å². The zero-order valence-corrected chi connectivity index (χ0v) is 5.97. The lowest BCUT2D eigenvalue weighted by molar-refractivity contribution is 0.218. The average molecular weight is 140 g/mol. The van der Waals surface area contributed by atoms with Crippen LogP contribution in [0.25, 0.3) is 0 Å². The maximum Gasteiger partial charge on any atom is 0.317 e. The van der Waals surface area contributed by atoms with Crippen LogP contribution in [0.4, 0.5) is 4.79 Å². The molecule has 1 N–H and O–H groups in total. The van der Waals surface area contributed by atoms with Crippen LogP contribution in [0.1, 0.15) is 6.42 Å². The molecule has 0 bridgehead atoms. The first-order valence-corrected chi connectivity index (χ1v) is 3.48. The maximum atomic E-state index is 10.9. The van der Waals surface area contributed by atoms with Crippen LogP contribution in [0.3, 0.4) is 0 Å². The third-order valence-corrected chi connectivity index (χ3v) is 1.55. The molecule has 1 fully saturated rings. The minimum absolute atomic E-state index is 0.0573. The molecule has 3 nitrogen and oxygen atoms in total. The quantitative estimate of drug-likeness (QED) is 0.572. The monoisotopic (exact) mass is 140 g/mol. The van der Waals surface area contributed by atoms with Gasteiger partial charge in [-0.15, -0.1) is 6.58 Å². The number of amides is 2. The molecule has 56 valence electrons. The Morgan fingerprint density at radius 1 is 1.80 bits per heavy atom. The second kappa shape index (κ2) is 3.25. The van der Waals surface area contributed by atoms with E-state index >= 15 is 0 Å². The van der Waals surface area contributed by atoms with Crippen molar-refractivity contribution in [2.75, 3.05) is 19.6 Å². The Kier molecular flexibility index (Phi) is 2.31. The molecule has 0 atom stereocenters. The molecule has 1 saturated heterocycles. The van der Waals surface area contributed by atoms with Crippen molar-refractivity contribution in [1.29, 1.82) is 0 Å². The van der Waals surface area contributed by atoms with Gasteiger partial charge in [-0.25, -0.2) is 4.79 Å². The Morgan fingerprint density at radius 2 is 2.60 bits per heavy atom. The largest absolute Gasteiger partial charge is 0.336 e. The van der Waals surface area contributed by atoms with Gasteiger partial charge in [0.15, 0.2) is 0 Å². The van der Waals surface area contributed by atoms with E-state index in [9.17, 15) is 4.79 Å². The third-order valence-electron chi connectivity index (χ3n) is 1.55. The zero-order valence-electron chi connectivity index (χ0n) is 5.97. The van der Waals surface area contributed by atoms with E-state index in [1.54, 1.807) is 4.90 Å². The molecule has 0 aliphatic carbocycles. The Balaban J connectivity index is 2.26. The minimum Gasteiger partial charge on any atom is -0.336 e. The van der Waals surface area contributed by atoms with Gasteiger partial charge < -0.3 is 10.2 Å². The number of rotatable bonds is 3. The van der Waals surface area contributed by atoms with Crippen molar-refractivity contribution in [1.82, 2.24) is 10.2 Å². The second-order valence-corrected chi connectivity index (χ2v) is 2.30. The summed E-state index contributed by atoms with van der Waals surface area (Å²) in [7, 11) is 0. The molecule has 0 aromatic carbocycles. The molecule has 1 aliphatic heterocycles. The lowest BCUT2D eigenvalue weighted by Crippen LogP contribution is -2.28. The summed E-state index contributed by atoms with van der Waals surface area (Å²) in [4.78, 5) is 12.7. The first kappa shape index (κ1) is 7.12. The molecule has 0 aromatic rings. The predicted octanol–water partition coefficient (Wildman–Crippen LogP) is 0.588. The molecule has 10 heavy (non-hydrogen) atoms. The lowest BCUT2D eigenvalue weighted by atomic mass is 10.4. The number of urea groups is 1. The van der Waals surface area contributed by atoms with Gasteiger partial charge in [-0.2, -0.15) is 0 Å². The number of hydrogen-bond donors (Lipinski definition) is 1. The van der Waals surface area contributed by atoms with Crippen molar-refractivity contribution in [2.45, 2.75) is 6.42 Å². The molecule has 0 saturated carbocycles. The molecule has 2 amide bonds. The minimum atomic E-state index is 0.0573. The second-order valence-electron chi connectivity index (χ2n) is 2.30. The van der Waals surface area contributed by atoms with Crippen LogP contribution in [0.2, 0.25) is 0 Å². The number of hydrogen-bond acceptors (Lipinski definition) is 1. The highest BCUT2D eigenvalue weighted by molar-refractivity contribution is 5.76. The number of nitrogens with one attached hydrogen (secondary N) is 1. The van der Waals surface area contributed by atoms with Crippen LogP contribution < -0.4 is 5.32 Å². The Bertz CT molecular complexity index is 145. The number of nitrogens with zero attached hydrogens (tertiary/aromatic N) is 1. The molecule has 1 heterocycles. The SMILES string of the molecule is C=CCCN1CCNC1=O. The van der Waals surface area contributed by atoms with Crippen molar-refractivity contribution in [3.8, 4) is 0 Å². The van der Waals surface area contributed by atoms with Gasteiger partial charge in [-0.1, -0.05) is 6.08 Å². The van der Waals surface area contributed by atoms with Gasteiger partial charge in [-0.05, 0) is 6.42 Å². The summed E-state index contributed by atoms with van der Waals surface area (Å²) in [5.41, 5.74) is 0. The fourth-order valence-electron chi connectivity index (χ4n) is 0.972. The Morgan fingerprint density at radius 3 is 3.10 bits per heavy atom. The van der Waals surface area contributed by atoms with E-state index in [1.807, 2.05) is 6.08 Å². The molecule has 0 aromatic heterocycles. The van der Waals surface area contributed by atoms with Gasteiger partial charge >= 0.3 is 6.03 Å². The van der Waals surface area contributed by atoms with Crippen LogP contribution in [-0.2, 0) is 0 Å². The molecule has 1 rings (SSSR count). The number of carbonyl (C=O) groups is 1. The van der Waals surface area contributed by atoms with Crippen molar-refractivity contribution in [2.24, 2.45) is 0 Å². The molecule has 0 unspecified atom stereocenters. The highest BCUT2D eigenvalue weighted by Gasteiger charge is 2.17. The average Bonchev–Trinajstić information content (AvgIpc) is 2.31. The first-order valence-electron chi connectivity index (χ1n) is 3.48. The third kappa shape index (κ3) is 1.50. The van der Waals surface area contributed by atoms with Crippen LogP contribution in [0.15, 0.2) is 12.7 Å². The summed E-state index contributed by atoms with van der Waals surface area (Å²) < 4.78 is 0. The van der Waals surface area contributed by atoms with Crippen molar-refractivity contribution in [3.63, 3.8) is 0 Å². The van der Waals surface area contributed by atoms with Crippen molar-refractivity contribution >= 4 is 6.03 Å². The van der Waals surface area contributed by atoms with E-state index < -0.39 is 0 Å². The van der Waals surface area contributed by atoms with E-state index in [0.29, 0.717) is 0 Å². The summed E-state index contributed by atoms with van der Waals surface area (Å²) in [5, 5.41) is 2.73. The fraction of sp³-hybridized carbons (Fsp3) is 0.571. The molecular weight excluding hydrogens is 128 g/mol. The topological polar surface area (TPSA) is 32.3 Å². The molecule has 3 heteroatoms.